The molecular weight excluding hydrogens is 374 g/mol. The normalized spacial score (nSPS) is 10.1. The van der Waals surface area contributed by atoms with Gasteiger partial charge in [0.1, 0.15) is 27.8 Å². The minimum atomic E-state index is -0.725. The van der Waals surface area contributed by atoms with Gasteiger partial charge in [0.2, 0.25) is 0 Å². The summed E-state index contributed by atoms with van der Waals surface area (Å²) in [6.45, 7) is -0.185. The lowest BCUT2D eigenvalue weighted by molar-refractivity contribution is -0.145. The molecule has 27 heavy (non-hydrogen) atoms. The van der Waals surface area contributed by atoms with E-state index in [4.69, 9.17) is 15.2 Å². The van der Waals surface area contributed by atoms with Crippen LogP contribution in [0.3, 0.4) is 0 Å². The van der Waals surface area contributed by atoms with Crippen molar-refractivity contribution in [1.29, 1.82) is 0 Å². The summed E-state index contributed by atoms with van der Waals surface area (Å²) < 4.78 is 20.0. The molecule has 0 aliphatic carbocycles. The van der Waals surface area contributed by atoms with E-state index in [0.29, 0.717) is 5.75 Å². The Bertz CT molecular complexity index is 817. The lowest BCUT2D eigenvalue weighted by Crippen LogP contribution is -2.14. The average molecular weight is 393 g/mol. The van der Waals surface area contributed by atoms with Crippen molar-refractivity contribution in [3.8, 4) is 5.75 Å². The molecular formula is C18H19NO7S. The zero-order valence-electron chi connectivity index (χ0n) is 14.9. The Morgan fingerprint density at radius 1 is 1.04 bits per heavy atom. The van der Waals surface area contributed by atoms with Crippen molar-refractivity contribution in [3.63, 3.8) is 0 Å². The Balaban J connectivity index is 2.01. The first-order valence-corrected chi connectivity index (χ1v) is 8.70. The molecule has 2 aromatic rings. The van der Waals surface area contributed by atoms with Crippen LogP contribution in [0.2, 0.25) is 0 Å². The summed E-state index contributed by atoms with van der Waals surface area (Å²) in [7, 11) is 2.39. The quantitative estimate of drug-likeness (QED) is 0.537. The summed E-state index contributed by atoms with van der Waals surface area (Å²) >= 11 is 0.871. The molecule has 1 heterocycles. The van der Waals surface area contributed by atoms with E-state index >= 15 is 0 Å². The SMILES string of the molecule is COC(=O)c1sc(N)c(C(=O)OC)c1COC(=O)CCOc1ccccc1. The van der Waals surface area contributed by atoms with Gasteiger partial charge in [0.05, 0.1) is 27.2 Å². The van der Waals surface area contributed by atoms with Gasteiger partial charge in [-0.2, -0.15) is 0 Å². The fraction of sp³-hybridized carbons (Fsp3) is 0.278. The first-order valence-electron chi connectivity index (χ1n) is 7.89. The third-order valence-corrected chi connectivity index (χ3v) is 4.53. The summed E-state index contributed by atoms with van der Waals surface area (Å²) in [5.41, 5.74) is 5.97. The molecule has 9 heteroatoms. The number of rotatable bonds is 8. The minimum absolute atomic E-state index is 0.00349. The summed E-state index contributed by atoms with van der Waals surface area (Å²) in [4.78, 5) is 35.9. The van der Waals surface area contributed by atoms with Crippen LogP contribution >= 0.6 is 11.3 Å². The third kappa shape index (κ3) is 5.20. The number of nitrogens with two attached hydrogens (primary N) is 1. The molecule has 1 aromatic heterocycles. The molecule has 0 aliphatic heterocycles. The molecule has 0 unspecified atom stereocenters. The van der Waals surface area contributed by atoms with E-state index in [1.54, 1.807) is 12.1 Å². The molecule has 0 spiro atoms. The molecule has 0 amide bonds. The summed E-state index contributed by atoms with van der Waals surface area (Å²) in [6.07, 6.45) is -0.00434. The summed E-state index contributed by atoms with van der Waals surface area (Å²) in [5.74, 6) is -1.32. The van der Waals surface area contributed by atoms with Gasteiger partial charge in [-0.15, -0.1) is 11.3 Å². The molecule has 0 saturated carbocycles. The molecule has 2 N–H and O–H groups in total. The van der Waals surface area contributed by atoms with Gasteiger partial charge in [0, 0.05) is 5.56 Å². The smallest absolute Gasteiger partial charge is 0.348 e. The first-order chi connectivity index (χ1) is 13.0. The highest BCUT2D eigenvalue weighted by atomic mass is 32.1. The van der Waals surface area contributed by atoms with Gasteiger partial charge in [0.25, 0.3) is 0 Å². The summed E-state index contributed by atoms with van der Waals surface area (Å²) in [5, 5.41) is 0.0840. The molecule has 0 saturated heterocycles. The monoisotopic (exact) mass is 393 g/mol. The number of carbonyl (C=O) groups excluding carboxylic acids is 3. The third-order valence-electron chi connectivity index (χ3n) is 3.49. The van der Waals surface area contributed by atoms with Crippen LogP contribution in [-0.2, 0) is 25.6 Å². The fourth-order valence-corrected chi connectivity index (χ4v) is 3.18. The van der Waals surface area contributed by atoms with Gasteiger partial charge in [-0.1, -0.05) is 18.2 Å². The number of hydrogen-bond acceptors (Lipinski definition) is 9. The number of carbonyl (C=O) groups is 3. The van der Waals surface area contributed by atoms with Crippen LogP contribution in [0.15, 0.2) is 30.3 Å². The second-order valence-electron chi connectivity index (χ2n) is 5.20. The number of anilines is 1. The number of nitrogen functional groups attached to an aromatic ring is 1. The lowest BCUT2D eigenvalue weighted by Gasteiger charge is -2.09. The molecule has 0 bridgehead atoms. The highest BCUT2D eigenvalue weighted by Crippen LogP contribution is 2.33. The highest BCUT2D eigenvalue weighted by molar-refractivity contribution is 7.18. The van der Waals surface area contributed by atoms with Crippen molar-refractivity contribution in [2.45, 2.75) is 13.0 Å². The molecule has 1 aromatic carbocycles. The molecule has 0 radical (unpaired) electrons. The molecule has 2 rings (SSSR count). The van der Waals surface area contributed by atoms with Crippen LogP contribution in [0.1, 0.15) is 32.0 Å². The van der Waals surface area contributed by atoms with Crippen molar-refractivity contribution in [2.24, 2.45) is 0 Å². The van der Waals surface area contributed by atoms with Crippen molar-refractivity contribution >= 4 is 34.2 Å². The zero-order valence-corrected chi connectivity index (χ0v) is 15.7. The van der Waals surface area contributed by atoms with E-state index in [2.05, 4.69) is 9.47 Å². The highest BCUT2D eigenvalue weighted by Gasteiger charge is 2.28. The van der Waals surface area contributed by atoms with E-state index < -0.39 is 17.9 Å². The molecule has 0 aliphatic rings. The van der Waals surface area contributed by atoms with Crippen LogP contribution in [0, 0.1) is 0 Å². The van der Waals surface area contributed by atoms with E-state index in [1.807, 2.05) is 18.2 Å². The van der Waals surface area contributed by atoms with Gasteiger partial charge in [0.15, 0.2) is 0 Å². The lowest BCUT2D eigenvalue weighted by atomic mass is 10.1. The largest absolute Gasteiger partial charge is 0.493 e. The minimum Gasteiger partial charge on any atom is -0.493 e. The maximum Gasteiger partial charge on any atom is 0.348 e. The zero-order chi connectivity index (χ0) is 19.8. The number of para-hydroxylation sites is 1. The van der Waals surface area contributed by atoms with E-state index in [0.717, 1.165) is 11.3 Å². The van der Waals surface area contributed by atoms with E-state index in [9.17, 15) is 14.4 Å². The van der Waals surface area contributed by atoms with Crippen molar-refractivity contribution < 1.29 is 33.3 Å². The number of esters is 3. The number of ether oxygens (including phenoxy) is 4. The van der Waals surface area contributed by atoms with Gasteiger partial charge in [-0.3, -0.25) is 4.79 Å². The predicted molar refractivity (Wildman–Crippen MR) is 97.8 cm³/mol. The average Bonchev–Trinajstić information content (AvgIpc) is 3.02. The Morgan fingerprint density at radius 3 is 2.33 bits per heavy atom. The van der Waals surface area contributed by atoms with Gasteiger partial charge < -0.3 is 24.7 Å². The fourth-order valence-electron chi connectivity index (χ4n) is 2.20. The topological polar surface area (TPSA) is 114 Å². The van der Waals surface area contributed by atoms with Gasteiger partial charge in [-0.05, 0) is 12.1 Å². The summed E-state index contributed by atoms with van der Waals surface area (Å²) in [6, 6.07) is 9.02. The second-order valence-corrected chi connectivity index (χ2v) is 6.26. The standard InChI is InChI=1S/C18H19NO7S/c1-23-17(21)14-12(15(18(22)24-2)27-16(14)19)10-26-13(20)8-9-25-11-6-4-3-5-7-11/h3-7H,8-10,19H2,1-2H3. The number of thiophene rings is 1. The van der Waals surface area contributed by atoms with Crippen molar-refractivity contribution in [1.82, 2.24) is 0 Å². The van der Waals surface area contributed by atoms with Crippen LogP contribution in [-0.4, -0.2) is 38.7 Å². The van der Waals surface area contributed by atoms with Crippen LogP contribution in [0.25, 0.3) is 0 Å². The van der Waals surface area contributed by atoms with Crippen molar-refractivity contribution in [2.75, 3.05) is 26.6 Å². The van der Waals surface area contributed by atoms with Crippen molar-refractivity contribution in [3.05, 3.63) is 46.3 Å². The number of benzene rings is 1. The first kappa shape index (κ1) is 20.2. The predicted octanol–water partition coefficient (Wildman–Crippen LogP) is 2.42. The van der Waals surface area contributed by atoms with Gasteiger partial charge in [-0.25, -0.2) is 9.59 Å². The Hall–Kier alpha value is -3.07. The van der Waals surface area contributed by atoms with Crippen LogP contribution < -0.4 is 10.5 Å². The number of hydrogen-bond donors (Lipinski definition) is 1. The van der Waals surface area contributed by atoms with Crippen LogP contribution in [0.4, 0.5) is 5.00 Å². The molecule has 0 atom stereocenters. The number of methoxy groups -OCH3 is 2. The van der Waals surface area contributed by atoms with Crippen LogP contribution in [0.5, 0.6) is 5.75 Å². The Morgan fingerprint density at radius 2 is 1.70 bits per heavy atom. The second kappa shape index (κ2) is 9.58. The Kier molecular flexibility index (Phi) is 7.18. The van der Waals surface area contributed by atoms with E-state index in [-0.39, 0.29) is 40.6 Å². The maximum absolute atomic E-state index is 12.0. The molecule has 144 valence electrons. The molecule has 8 nitrogen and oxygen atoms in total. The molecule has 0 fully saturated rings. The maximum atomic E-state index is 12.0. The van der Waals surface area contributed by atoms with E-state index in [1.165, 1.54) is 14.2 Å². The Labute approximate surface area is 159 Å². The van der Waals surface area contributed by atoms with Gasteiger partial charge >= 0.3 is 17.9 Å².